The lowest BCUT2D eigenvalue weighted by Crippen LogP contribution is -2.50. The van der Waals surface area contributed by atoms with E-state index in [-0.39, 0.29) is 11.0 Å². The molecule has 1 saturated heterocycles. The average molecular weight is 273 g/mol. The molecule has 1 aliphatic heterocycles. The molecule has 0 bridgehead atoms. The van der Waals surface area contributed by atoms with E-state index in [1.165, 1.54) is 11.2 Å². The molecule has 18 heavy (non-hydrogen) atoms. The molecule has 1 heterocycles. The largest absolute Gasteiger partial charge is 0.298 e. The summed E-state index contributed by atoms with van der Waals surface area (Å²) in [4.78, 5) is 11.6. The van der Waals surface area contributed by atoms with E-state index < -0.39 is 16.1 Å². The smallest absolute Gasteiger partial charge is 0.217 e. The minimum atomic E-state index is -3.27. The number of sulfonamides is 1. The summed E-state index contributed by atoms with van der Waals surface area (Å²) in [5, 5.41) is -0.244. The van der Waals surface area contributed by atoms with Gasteiger partial charge in [0.25, 0.3) is 0 Å². The van der Waals surface area contributed by atoms with Crippen molar-refractivity contribution in [3.8, 4) is 0 Å². The molecule has 2 fully saturated rings. The van der Waals surface area contributed by atoms with Crippen LogP contribution in [0.3, 0.4) is 0 Å². The molecule has 0 N–H and O–H groups in total. The Morgan fingerprint density at radius 1 is 1.00 bits per heavy atom. The Bertz CT molecular complexity index is 398. The van der Waals surface area contributed by atoms with Crippen molar-refractivity contribution < 1.29 is 13.2 Å². The molecule has 0 radical (unpaired) electrons. The Morgan fingerprint density at radius 3 is 2.22 bits per heavy atom. The maximum absolute atomic E-state index is 12.6. The number of hydrogen-bond acceptors (Lipinski definition) is 3. The summed E-state index contributed by atoms with van der Waals surface area (Å²) in [6, 6.07) is -0.398. The van der Waals surface area contributed by atoms with Crippen LogP contribution >= 0.6 is 0 Å². The van der Waals surface area contributed by atoms with Crippen LogP contribution in [0.1, 0.15) is 58.3 Å². The molecule has 1 aliphatic carbocycles. The highest BCUT2D eigenvalue weighted by Crippen LogP contribution is 2.30. The Balaban J connectivity index is 2.18. The van der Waals surface area contributed by atoms with E-state index in [2.05, 4.69) is 0 Å². The quantitative estimate of drug-likeness (QED) is 0.791. The van der Waals surface area contributed by atoms with Crippen LogP contribution in [0.4, 0.5) is 0 Å². The van der Waals surface area contributed by atoms with E-state index in [4.69, 9.17) is 0 Å². The number of Topliss-reactive ketones (excluding diaryl/α,β-unsaturated/α-hetero) is 1. The lowest BCUT2D eigenvalue weighted by Gasteiger charge is -2.36. The predicted molar refractivity (Wildman–Crippen MR) is 70.8 cm³/mol. The van der Waals surface area contributed by atoms with Crippen LogP contribution in [0.25, 0.3) is 0 Å². The Kier molecular flexibility index (Phi) is 4.43. The van der Waals surface area contributed by atoms with E-state index in [1.54, 1.807) is 0 Å². The number of carbonyl (C=O) groups excluding carboxylic acids is 1. The van der Waals surface area contributed by atoms with Gasteiger partial charge in [0, 0.05) is 6.54 Å². The van der Waals surface area contributed by atoms with Gasteiger partial charge in [-0.15, -0.1) is 0 Å². The van der Waals surface area contributed by atoms with Gasteiger partial charge in [-0.1, -0.05) is 25.7 Å². The van der Waals surface area contributed by atoms with Crippen LogP contribution in [0.15, 0.2) is 0 Å². The van der Waals surface area contributed by atoms with Crippen molar-refractivity contribution in [2.75, 3.05) is 6.54 Å². The normalized spacial score (nSPS) is 28.2. The van der Waals surface area contributed by atoms with Gasteiger partial charge < -0.3 is 0 Å². The summed E-state index contributed by atoms with van der Waals surface area (Å²) < 4.78 is 26.8. The maximum atomic E-state index is 12.6. The molecule has 1 atom stereocenters. The van der Waals surface area contributed by atoms with Crippen molar-refractivity contribution in [1.82, 2.24) is 4.31 Å². The average Bonchev–Trinajstić information content (AvgIpc) is 2.39. The molecule has 5 heteroatoms. The zero-order valence-electron chi connectivity index (χ0n) is 11.1. The number of hydrogen-bond donors (Lipinski definition) is 0. The minimum Gasteiger partial charge on any atom is -0.298 e. The third-order valence-electron chi connectivity index (χ3n) is 4.22. The number of ketones is 1. The number of carbonyl (C=O) groups is 1. The molecule has 0 spiro atoms. The fourth-order valence-electron chi connectivity index (χ4n) is 3.17. The molecule has 1 saturated carbocycles. The van der Waals surface area contributed by atoms with E-state index in [1.807, 2.05) is 0 Å². The van der Waals surface area contributed by atoms with Crippen molar-refractivity contribution in [3.05, 3.63) is 0 Å². The first-order valence-corrected chi connectivity index (χ1v) is 8.55. The summed E-state index contributed by atoms with van der Waals surface area (Å²) >= 11 is 0. The summed E-state index contributed by atoms with van der Waals surface area (Å²) in [6.45, 7) is 2.04. The third kappa shape index (κ3) is 2.77. The number of nitrogens with zero attached hydrogens (tertiary/aromatic N) is 1. The van der Waals surface area contributed by atoms with Gasteiger partial charge in [0.15, 0.2) is 0 Å². The maximum Gasteiger partial charge on any atom is 0.217 e. The van der Waals surface area contributed by atoms with Crippen molar-refractivity contribution in [2.24, 2.45) is 0 Å². The van der Waals surface area contributed by atoms with Crippen LogP contribution < -0.4 is 0 Å². The monoisotopic (exact) mass is 273 g/mol. The fourth-order valence-corrected chi connectivity index (χ4v) is 5.47. The van der Waals surface area contributed by atoms with E-state index in [0.29, 0.717) is 13.0 Å². The zero-order valence-corrected chi connectivity index (χ0v) is 11.9. The summed E-state index contributed by atoms with van der Waals surface area (Å²) in [5.74, 6) is -0.00548. The van der Waals surface area contributed by atoms with E-state index in [0.717, 1.165) is 44.9 Å². The molecule has 0 amide bonds. The first kappa shape index (κ1) is 14.0. The van der Waals surface area contributed by atoms with Gasteiger partial charge in [0.05, 0.1) is 11.3 Å². The summed E-state index contributed by atoms with van der Waals surface area (Å²) in [7, 11) is -3.27. The molecule has 1 unspecified atom stereocenters. The van der Waals surface area contributed by atoms with Gasteiger partial charge in [0.1, 0.15) is 5.78 Å². The minimum absolute atomic E-state index is 0.00548. The molecule has 4 nitrogen and oxygen atoms in total. The lowest BCUT2D eigenvalue weighted by atomic mass is 10.0. The van der Waals surface area contributed by atoms with Gasteiger partial charge >= 0.3 is 0 Å². The van der Waals surface area contributed by atoms with Gasteiger partial charge in [0.2, 0.25) is 10.0 Å². The molecular formula is C13H23NO3S. The van der Waals surface area contributed by atoms with Crippen LogP contribution in [-0.2, 0) is 14.8 Å². The molecule has 2 aliphatic rings. The van der Waals surface area contributed by atoms with Crippen molar-refractivity contribution in [2.45, 2.75) is 69.6 Å². The van der Waals surface area contributed by atoms with Gasteiger partial charge in [-0.2, -0.15) is 4.31 Å². The zero-order chi connectivity index (χ0) is 13.2. The summed E-state index contributed by atoms with van der Waals surface area (Å²) in [5.41, 5.74) is 0. The standard InChI is InChI=1S/C13H23NO3S/c1-11(15)13-9-5-6-10-14(13)18(16,17)12-7-3-2-4-8-12/h12-13H,2-10H2,1H3. The first-order valence-electron chi connectivity index (χ1n) is 7.04. The second kappa shape index (κ2) is 5.70. The fraction of sp³-hybridized carbons (Fsp3) is 0.923. The molecular weight excluding hydrogens is 250 g/mol. The lowest BCUT2D eigenvalue weighted by molar-refractivity contribution is -0.121. The predicted octanol–water partition coefficient (Wildman–Crippen LogP) is 2.09. The number of rotatable bonds is 3. The van der Waals surface area contributed by atoms with Crippen LogP contribution in [0.5, 0.6) is 0 Å². The topological polar surface area (TPSA) is 54.5 Å². The molecule has 0 aromatic carbocycles. The third-order valence-corrected chi connectivity index (χ3v) is 6.63. The van der Waals surface area contributed by atoms with Crippen molar-refractivity contribution in [1.29, 1.82) is 0 Å². The highest BCUT2D eigenvalue weighted by atomic mass is 32.2. The second-order valence-corrected chi connectivity index (χ2v) is 7.70. The second-order valence-electron chi connectivity index (χ2n) is 5.54. The molecule has 0 aromatic rings. The Morgan fingerprint density at radius 2 is 1.61 bits per heavy atom. The van der Waals surface area contributed by atoms with Crippen molar-refractivity contribution >= 4 is 15.8 Å². The SMILES string of the molecule is CC(=O)C1CCCCN1S(=O)(=O)C1CCCCC1. The molecule has 104 valence electrons. The van der Waals surface area contributed by atoms with E-state index >= 15 is 0 Å². The Hall–Kier alpha value is -0.420. The molecule has 2 rings (SSSR count). The van der Waals surface area contributed by atoms with Gasteiger partial charge in [-0.05, 0) is 32.6 Å². The van der Waals surface area contributed by atoms with E-state index in [9.17, 15) is 13.2 Å². The van der Waals surface area contributed by atoms with Crippen LogP contribution in [0, 0.1) is 0 Å². The highest BCUT2D eigenvalue weighted by molar-refractivity contribution is 7.89. The first-order chi connectivity index (χ1) is 8.53. The van der Waals surface area contributed by atoms with Gasteiger partial charge in [-0.25, -0.2) is 8.42 Å². The number of piperidine rings is 1. The van der Waals surface area contributed by atoms with Crippen LogP contribution in [0.2, 0.25) is 0 Å². The summed E-state index contributed by atoms with van der Waals surface area (Å²) in [6.07, 6.45) is 7.22. The molecule has 0 aromatic heterocycles. The van der Waals surface area contributed by atoms with Crippen LogP contribution in [-0.4, -0.2) is 36.3 Å². The van der Waals surface area contributed by atoms with Gasteiger partial charge in [-0.3, -0.25) is 4.79 Å². The van der Waals surface area contributed by atoms with Crippen molar-refractivity contribution in [3.63, 3.8) is 0 Å². The highest BCUT2D eigenvalue weighted by Gasteiger charge is 2.39. The Labute approximate surface area is 110 Å².